The van der Waals surface area contributed by atoms with Crippen molar-refractivity contribution >= 4 is 27.5 Å². The van der Waals surface area contributed by atoms with Gasteiger partial charge in [0.2, 0.25) is 0 Å². The minimum absolute atomic E-state index is 0.00523. The zero-order chi connectivity index (χ0) is 13.8. The Morgan fingerprint density at radius 2 is 2.21 bits per heavy atom. The molecule has 1 aromatic carbocycles. The minimum atomic E-state index is -0.258. The van der Waals surface area contributed by atoms with Crippen molar-refractivity contribution in [3.8, 4) is 0 Å². The normalized spacial score (nSPS) is 12.6. The SMILES string of the molecule is CCNC(Cc1cccc(F)c1Br)c1ccoc1Cl. The molecule has 0 fully saturated rings. The molecule has 1 heterocycles. The Hall–Kier alpha value is -0.840. The van der Waals surface area contributed by atoms with Crippen LogP contribution in [0.2, 0.25) is 5.22 Å². The lowest BCUT2D eigenvalue weighted by Crippen LogP contribution is -2.23. The van der Waals surface area contributed by atoms with Crippen LogP contribution < -0.4 is 5.32 Å². The van der Waals surface area contributed by atoms with E-state index < -0.39 is 0 Å². The van der Waals surface area contributed by atoms with Crippen LogP contribution in [0.15, 0.2) is 39.4 Å². The Kier molecular flexibility index (Phi) is 5.02. The van der Waals surface area contributed by atoms with Crippen molar-refractivity contribution in [1.29, 1.82) is 0 Å². The van der Waals surface area contributed by atoms with Crippen LogP contribution in [-0.2, 0) is 6.42 Å². The monoisotopic (exact) mass is 345 g/mol. The molecular weight excluding hydrogens is 333 g/mol. The third-order valence-corrected chi connectivity index (χ3v) is 4.12. The summed E-state index contributed by atoms with van der Waals surface area (Å²) in [7, 11) is 0. The van der Waals surface area contributed by atoms with Gasteiger partial charge in [-0.2, -0.15) is 0 Å². The van der Waals surface area contributed by atoms with Crippen molar-refractivity contribution in [2.24, 2.45) is 0 Å². The fourth-order valence-corrected chi connectivity index (χ4v) is 2.69. The third kappa shape index (κ3) is 3.38. The van der Waals surface area contributed by atoms with E-state index in [9.17, 15) is 4.39 Å². The van der Waals surface area contributed by atoms with Gasteiger partial charge in [0.15, 0.2) is 5.22 Å². The van der Waals surface area contributed by atoms with Crippen LogP contribution in [0.25, 0.3) is 0 Å². The molecule has 1 unspecified atom stereocenters. The summed E-state index contributed by atoms with van der Waals surface area (Å²) in [6, 6.07) is 6.86. The zero-order valence-electron chi connectivity index (χ0n) is 10.4. The smallest absolute Gasteiger partial charge is 0.197 e. The van der Waals surface area contributed by atoms with E-state index in [1.165, 1.54) is 6.07 Å². The first-order valence-corrected chi connectivity index (χ1v) is 7.19. The van der Waals surface area contributed by atoms with E-state index in [4.69, 9.17) is 16.0 Å². The fraction of sp³-hybridized carbons (Fsp3) is 0.286. The van der Waals surface area contributed by atoms with Crippen molar-refractivity contribution in [2.75, 3.05) is 6.54 Å². The molecular formula is C14H14BrClFNO. The predicted octanol–water partition coefficient (Wildman–Crippen LogP) is 4.73. The maximum Gasteiger partial charge on any atom is 0.197 e. The summed E-state index contributed by atoms with van der Waals surface area (Å²) < 4.78 is 19.1. The van der Waals surface area contributed by atoms with Gasteiger partial charge in [0.25, 0.3) is 0 Å². The Morgan fingerprint density at radius 1 is 1.42 bits per heavy atom. The molecule has 1 atom stereocenters. The molecule has 1 aromatic heterocycles. The first kappa shape index (κ1) is 14.6. The lowest BCUT2D eigenvalue weighted by molar-refractivity contribution is 0.524. The zero-order valence-corrected chi connectivity index (χ0v) is 12.8. The Bertz CT molecular complexity index is 558. The molecule has 0 spiro atoms. The highest BCUT2D eigenvalue weighted by molar-refractivity contribution is 9.10. The van der Waals surface area contributed by atoms with Gasteiger partial charge in [-0.1, -0.05) is 19.1 Å². The van der Waals surface area contributed by atoms with Crippen LogP contribution >= 0.6 is 27.5 Å². The predicted molar refractivity (Wildman–Crippen MR) is 77.9 cm³/mol. The van der Waals surface area contributed by atoms with Crippen molar-refractivity contribution < 1.29 is 8.81 Å². The van der Waals surface area contributed by atoms with E-state index in [-0.39, 0.29) is 11.9 Å². The molecule has 5 heteroatoms. The lowest BCUT2D eigenvalue weighted by Gasteiger charge is -2.18. The minimum Gasteiger partial charge on any atom is -0.453 e. The third-order valence-electron chi connectivity index (χ3n) is 2.93. The van der Waals surface area contributed by atoms with E-state index in [1.807, 2.05) is 19.1 Å². The number of likely N-dealkylation sites (N-methyl/N-ethyl adjacent to an activating group) is 1. The van der Waals surface area contributed by atoms with Gasteiger partial charge in [0.05, 0.1) is 10.7 Å². The average Bonchev–Trinajstić information content (AvgIpc) is 2.80. The fourth-order valence-electron chi connectivity index (χ4n) is 2.02. The van der Waals surface area contributed by atoms with Gasteiger partial charge in [-0.25, -0.2) is 4.39 Å². The quantitative estimate of drug-likeness (QED) is 0.847. The average molecular weight is 347 g/mol. The standard InChI is InChI=1S/C14H14BrClFNO/c1-2-18-12(10-6-7-19-14(10)16)8-9-4-3-5-11(17)13(9)15/h3-7,12,18H,2,8H2,1H3. The molecule has 0 amide bonds. The van der Waals surface area contributed by atoms with Gasteiger partial charge in [-0.15, -0.1) is 0 Å². The molecule has 0 radical (unpaired) electrons. The van der Waals surface area contributed by atoms with Crippen molar-refractivity contribution in [1.82, 2.24) is 5.32 Å². The molecule has 1 N–H and O–H groups in total. The van der Waals surface area contributed by atoms with Gasteiger partial charge in [-0.3, -0.25) is 0 Å². The maximum atomic E-state index is 13.5. The molecule has 0 aliphatic rings. The molecule has 2 aromatic rings. The van der Waals surface area contributed by atoms with E-state index in [0.29, 0.717) is 16.1 Å². The summed E-state index contributed by atoms with van der Waals surface area (Å²) in [5.41, 5.74) is 1.78. The highest BCUT2D eigenvalue weighted by atomic mass is 79.9. The molecule has 0 saturated carbocycles. The molecule has 2 nitrogen and oxygen atoms in total. The second-order valence-corrected chi connectivity index (χ2v) is 5.31. The van der Waals surface area contributed by atoms with Gasteiger partial charge < -0.3 is 9.73 Å². The summed E-state index contributed by atoms with van der Waals surface area (Å²) in [6.45, 7) is 2.81. The number of rotatable bonds is 5. The summed E-state index contributed by atoms with van der Waals surface area (Å²) in [5, 5.41) is 3.71. The van der Waals surface area contributed by atoms with Gasteiger partial charge >= 0.3 is 0 Å². The van der Waals surface area contributed by atoms with E-state index >= 15 is 0 Å². The maximum absolute atomic E-state index is 13.5. The molecule has 19 heavy (non-hydrogen) atoms. The largest absolute Gasteiger partial charge is 0.453 e. The summed E-state index contributed by atoms with van der Waals surface area (Å²) in [5.74, 6) is -0.258. The van der Waals surface area contributed by atoms with E-state index in [1.54, 1.807) is 12.3 Å². The Labute approximate surface area is 125 Å². The number of benzene rings is 1. The first-order valence-electron chi connectivity index (χ1n) is 6.02. The van der Waals surface area contributed by atoms with Crippen LogP contribution in [-0.4, -0.2) is 6.54 Å². The molecule has 102 valence electrons. The van der Waals surface area contributed by atoms with Gasteiger partial charge in [0.1, 0.15) is 5.82 Å². The van der Waals surface area contributed by atoms with Crippen LogP contribution in [0.1, 0.15) is 24.1 Å². The van der Waals surface area contributed by atoms with Crippen LogP contribution in [0, 0.1) is 5.82 Å². The second-order valence-electron chi connectivity index (χ2n) is 4.18. The van der Waals surface area contributed by atoms with Crippen LogP contribution in [0.5, 0.6) is 0 Å². The van der Waals surface area contributed by atoms with Crippen LogP contribution in [0.4, 0.5) is 4.39 Å². The van der Waals surface area contributed by atoms with Crippen LogP contribution in [0.3, 0.4) is 0 Å². The molecule has 2 rings (SSSR count). The van der Waals surface area contributed by atoms with Crippen molar-refractivity contribution in [3.05, 3.63) is 57.2 Å². The highest BCUT2D eigenvalue weighted by Crippen LogP contribution is 2.30. The number of furan rings is 1. The topological polar surface area (TPSA) is 25.2 Å². The summed E-state index contributed by atoms with van der Waals surface area (Å²) in [6.07, 6.45) is 2.19. The lowest BCUT2D eigenvalue weighted by atomic mass is 10.0. The molecule has 0 aliphatic heterocycles. The number of nitrogens with one attached hydrogen (secondary N) is 1. The van der Waals surface area contributed by atoms with E-state index in [0.717, 1.165) is 17.7 Å². The van der Waals surface area contributed by atoms with Crippen molar-refractivity contribution in [3.63, 3.8) is 0 Å². The van der Waals surface area contributed by atoms with Gasteiger partial charge in [-0.05, 0) is 58.2 Å². The Morgan fingerprint density at radius 3 is 2.84 bits per heavy atom. The Balaban J connectivity index is 2.27. The number of hydrogen-bond acceptors (Lipinski definition) is 2. The summed E-state index contributed by atoms with van der Waals surface area (Å²) >= 11 is 9.30. The van der Waals surface area contributed by atoms with E-state index in [2.05, 4.69) is 21.2 Å². The van der Waals surface area contributed by atoms with Gasteiger partial charge in [0, 0.05) is 11.6 Å². The molecule has 0 bridgehead atoms. The summed E-state index contributed by atoms with van der Waals surface area (Å²) in [4.78, 5) is 0. The highest BCUT2D eigenvalue weighted by Gasteiger charge is 2.18. The second kappa shape index (κ2) is 6.55. The number of halogens is 3. The molecule has 0 aliphatic carbocycles. The first-order chi connectivity index (χ1) is 9.13. The molecule has 0 saturated heterocycles. The van der Waals surface area contributed by atoms with Crippen molar-refractivity contribution in [2.45, 2.75) is 19.4 Å². The number of hydrogen-bond donors (Lipinski definition) is 1.